The molecule has 2 unspecified atom stereocenters. The van der Waals surface area contributed by atoms with Gasteiger partial charge < -0.3 is 9.47 Å². The van der Waals surface area contributed by atoms with E-state index < -0.39 is 34.8 Å². The van der Waals surface area contributed by atoms with Gasteiger partial charge >= 0.3 is 17.9 Å². The highest BCUT2D eigenvalue weighted by atomic mass is 19.3. The maximum Gasteiger partial charge on any atom is 0.380 e. The highest BCUT2D eigenvalue weighted by molar-refractivity contribution is 5.81. The van der Waals surface area contributed by atoms with Crippen molar-refractivity contribution in [3.8, 4) is 0 Å². The smallest absolute Gasteiger partial charge is 0.380 e. The number of carbonyl (C=O) groups excluding carboxylic acids is 2. The Balaban J connectivity index is 5.71. The van der Waals surface area contributed by atoms with Crippen molar-refractivity contribution < 1.29 is 27.8 Å². The number of methoxy groups -OCH3 is 1. The first-order chi connectivity index (χ1) is 11.1. The first-order valence-corrected chi connectivity index (χ1v) is 8.76. The van der Waals surface area contributed by atoms with E-state index in [1.165, 1.54) is 6.92 Å². The molecule has 0 aromatic carbocycles. The molecular weight excluding hydrogens is 330 g/mol. The number of esters is 2. The van der Waals surface area contributed by atoms with Crippen LogP contribution in [0.5, 0.6) is 0 Å². The van der Waals surface area contributed by atoms with E-state index in [0.717, 1.165) is 13.5 Å². The number of ether oxygens (including phenoxy) is 2. The minimum Gasteiger partial charge on any atom is -0.464 e. The van der Waals surface area contributed by atoms with Crippen LogP contribution < -0.4 is 0 Å². The zero-order valence-electron chi connectivity index (χ0n) is 17.1. The molecule has 0 amide bonds. The molecule has 0 spiro atoms. The van der Waals surface area contributed by atoms with Crippen molar-refractivity contribution in [1.29, 1.82) is 0 Å². The summed E-state index contributed by atoms with van der Waals surface area (Å²) in [4.78, 5) is 24.3. The van der Waals surface area contributed by atoms with Crippen LogP contribution in [-0.2, 0) is 19.1 Å². The minimum atomic E-state index is -3.88. The maximum absolute atomic E-state index is 14.2. The molecule has 0 fully saturated rings. The van der Waals surface area contributed by atoms with E-state index in [4.69, 9.17) is 4.74 Å². The zero-order chi connectivity index (χ0) is 20.3. The van der Waals surface area contributed by atoms with Crippen LogP contribution in [0.2, 0.25) is 0 Å². The summed E-state index contributed by atoms with van der Waals surface area (Å²) in [6.45, 7) is 14.9. The van der Waals surface area contributed by atoms with Crippen LogP contribution in [0.15, 0.2) is 0 Å². The van der Waals surface area contributed by atoms with Gasteiger partial charge in [-0.2, -0.15) is 8.78 Å². The molecule has 0 aliphatic carbocycles. The standard InChI is InChI=1S/C19H34F2O4/c1-10-13(19(20,21)15(23)24-9)25-14(22)18(8,16(3,4)5)12-17(6,7)11-2/h13H,10-12H2,1-9H3. The van der Waals surface area contributed by atoms with Gasteiger partial charge in [0, 0.05) is 0 Å². The summed E-state index contributed by atoms with van der Waals surface area (Å²) in [5.41, 5.74) is -1.64. The topological polar surface area (TPSA) is 52.6 Å². The van der Waals surface area contributed by atoms with Crippen molar-refractivity contribution >= 4 is 11.9 Å². The molecule has 0 bridgehead atoms. The van der Waals surface area contributed by atoms with Gasteiger partial charge in [0.15, 0.2) is 6.10 Å². The molecule has 25 heavy (non-hydrogen) atoms. The second-order valence-corrected chi connectivity index (χ2v) is 8.69. The molecule has 0 heterocycles. The molecule has 0 rings (SSSR count). The van der Waals surface area contributed by atoms with E-state index in [1.54, 1.807) is 6.92 Å². The fraction of sp³-hybridized carbons (Fsp3) is 0.895. The summed E-state index contributed by atoms with van der Waals surface area (Å²) in [7, 11) is 0.883. The molecule has 148 valence electrons. The largest absolute Gasteiger partial charge is 0.464 e. The van der Waals surface area contributed by atoms with Gasteiger partial charge in [-0.3, -0.25) is 4.79 Å². The number of hydrogen-bond acceptors (Lipinski definition) is 4. The fourth-order valence-electron chi connectivity index (χ4n) is 2.67. The van der Waals surface area contributed by atoms with Gasteiger partial charge in [-0.05, 0) is 30.6 Å². The van der Waals surface area contributed by atoms with Crippen LogP contribution >= 0.6 is 0 Å². The predicted octanol–water partition coefficient (Wildman–Crippen LogP) is 5.00. The summed E-state index contributed by atoms with van der Waals surface area (Å²) >= 11 is 0. The van der Waals surface area contributed by atoms with Crippen LogP contribution in [0.3, 0.4) is 0 Å². The van der Waals surface area contributed by atoms with E-state index in [2.05, 4.69) is 4.74 Å². The van der Waals surface area contributed by atoms with Crippen molar-refractivity contribution in [2.75, 3.05) is 7.11 Å². The third kappa shape index (κ3) is 5.38. The third-order valence-electron chi connectivity index (χ3n) is 5.38. The molecule has 0 saturated carbocycles. The Hall–Kier alpha value is -1.20. The fourth-order valence-corrected chi connectivity index (χ4v) is 2.67. The molecule has 0 N–H and O–H groups in total. The number of carbonyl (C=O) groups is 2. The first-order valence-electron chi connectivity index (χ1n) is 8.76. The molecule has 2 atom stereocenters. The van der Waals surface area contributed by atoms with Crippen molar-refractivity contribution in [2.45, 2.75) is 86.7 Å². The lowest BCUT2D eigenvalue weighted by atomic mass is 9.60. The van der Waals surface area contributed by atoms with Crippen LogP contribution in [0.4, 0.5) is 8.78 Å². The summed E-state index contributed by atoms with van der Waals surface area (Å²) in [6.07, 6.45) is -0.718. The van der Waals surface area contributed by atoms with Gasteiger partial charge in [-0.25, -0.2) is 4.79 Å². The molecule has 6 heteroatoms. The van der Waals surface area contributed by atoms with Gasteiger partial charge in [0.2, 0.25) is 0 Å². The van der Waals surface area contributed by atoms with Crippen molar-refractivity contribution in [1.82, 2.24) is 0 Å². The van der Waals surface area contributed by atoms with E-state index in [9.17, 15) is 18.4 Å². The highest BCUT2D eigenvalue weighted by Crippen LogP contribution is 2.49. The van der Waals surface area contributed by atoms with Gasteiger partial charge in [-0.1, -0.05) is 54.9 Å². The SMILES string of the molecule is CCC(OC(=O)C(C)(CC(C)(C)CC)C(C)(C)C)C(F)(F)C(=O)OC. The predicted molar refractivity (Wildman–Crippen MR) is 93.4 cm³/mol. The van der Waals surface area contributed by atoms with Crippen molar-refractivity contribution in [2.24, 2.45) is 16.2 Å². The lowest BCUT2D eigenvalue weighted by molar-refractivity contribution is -0.205. The van der Waals surface area contributed by atoms with Crippen molar-refractivity contribution in [3.05, 3.63) is 0 Å². The van der Waals surface area contributed by atoms with Crippen LogP contribution in [-0.4, -0.2) is 31.1 Å². The quantitative estimate of drug-likeness (QED) is 0.569. The lowest BCUT2D eigenvalue weighted by Crippen LogP contribution is -2.50. The first kappa shape index (κ1) is 23.8. The molecule has 0 radical (unpaired) electrons. The molecule has 4 nitrogen and oxygen atoms in total. The van der Waals surface area contributed by atoms with Gasteiger partial charge in [-0.15, -0.1) is 0 Å². The Morgan fingerprint density at radius 1 is 0.960 bits per heavy atom. The van der Waals surface area contributed by atoms with E-state index in [0.29, 0.717) is 6.42 Å². The van der Waals surface area contributed by atoms with E-state index >= 15 is 0 Å². The van der Waals surface area contributed by atoms with Gasteiger partial charge in [0.25, 0.3) is 0 Å². The molecule has 0 saturated heterocycles. The number of alkyl halides is 2. The molecular formula is C19H34F2O4. The van der Waals surface area contributed by atoms with Crippen LogP contribution in [0, 0.1) is 16.2 Å². The van der Waals surface area contributed by atoms with Crippen molar-refractivity contribution in [3.63, 3.8) is 0 Å². The third-order valence-corrected chi connectivity index (χ3v) is 5.38. The maximum atomic E-state index is 14.2. The Morgan fingerprint density at radius 2 is 1.44 bits per heavy atom. The molecule has 0 aromatic heterocycles. The average Bonchev–Trinajstić information content (AvgIpc) is 2.49. The summed E-state index contributed by atoms with van der Waals surface area (Å²) in [5.74, 6) is -6.28. The Morgan fingerprint density at radius 3 is 1.76 bits per heavy atom. The highest BCUT2D eigenvalue weighted by Gasteiger charge is 2.54. The van der Waals surface area contributed by atoms with Crippen LogP contribution in [0.25, 0.3) is 0 Å². The Labute approximate surface area is 150 Å². The summed E-state index contributed by atoms with van der Waals surface area (Å²) in [6, 6.07) is 0. The lowest BCUT2D eigenvalue weighted by Gasteiger charge is -2.45. The molecule has 0 aromatic rings. The number of hydrogen-bond donors (Lipinski definition) is 0. The molecule has 0 aliphatic rings. The second-order valence-electron chi connectivity index (χ2n) is 8.69. The van der Waals surface area contributed by atoms with E-state index in [1.807, 2.05) is 41.5 Å². The number of halogens is 2. The minimum absolute atomic E-state index is 0.159. The summed E-state index contributed by atoms with van der Waals surface area (Å²) < 4.78 is 37.7. The van der Waals surface area contributed by atoms with Gasteiger partial charge in [0.05, 0.1) is 12.5 Å². The number of rotatable bonds is 8. The average molecular weight is 364 g/mol. The van der Waals surface area contributed by atoms with E-state index in [-0.39, 0.29) is 11.8 Å². The second kappa shape index (κ2) is 8.00. The summed E-state index contributed by atoms with van der Waals surface area (Å²) in [5, 5.41) is 0. The Bertz CT molecular complexity index is 480. The van der Waals surface area contributed by atoms with Crippen LogP contribution in [0.1, 0.15) is 74.7 Å². The Kier molecular flexibility index (Phi) is 7.62. The zero-order valence-corrected chi connectivity index (χ0v) is 17.1. The monoisotopic (exact) mass is 364 g/mol. The normalized spacial score (nSPS) is 16.8. The molecule has 0 aliphatic heterocycles. The van der Waals surface area contributed by atoms with Gasteiger partial charge in [0.1, 0.15) is 0 Å².